The Morgan fingerprint density at radius 2 is 1.63 bits per heavy atom. The van der Waals surface area contributed by atoms with Gasteiger partial charge in [0.25, 0.3) is 0 Å². The van der Waals surface area contributed by atoms with Crippen molar-refractivity contribution in [3.05, 3.63) is 35.4 Å². The van der Waals surface area contributed by atoms with Crippen molar-refractivity contribution in [2.24, 2.45) is 17.8 Å². The van der Waals surface area contributed by atoms with E-state index in [9.17, 15) is 5.11 Å². The van der Waals surface area contributed by atoms with Crippen LogP contribution in [-0.2, 0) is 6.42 Å². The van der Waals surface area contributed by atoms with Gasteiger partial charge in [-0.3, -0.25) is 0 Å². The molecule has 0 fully saturated rings. The first-order valence-electron chi connectivity index (χ1n) is 7.36. The Balaban J connectivity index is 2.87. The maximum Gasteiger partial charge on any atom is 0.0479 e. The van der Waals surface area contributed by atoms with Gasteiger partial charge in [0.05, 0.1) is 0 Å². The summed E-state index contributed by atoms with van der Waals surface area (Å²) in [6, 6.07) is 9.05. The largest absolute Gasteiger partial charge is 0.396 e. The highest BCUT2D eigenvalue weighted by molar-refractivity contribution is 5.26. The zero-order chi connectivity index (χ0) is 14.4. The molecule has 2 heteroatoms. The lowest BCUT2D eigenvalue weighted by atomic mass is 9.84. The molecule has 0 aromatic heterocycles. The zero-order valence-corrected chi connectivity index (χ0v) is 13.0. The zero-order valence-electron chi connectivity index (χ0n) is 13.0. The quantitative estimate of drug-likeness (QED) is 0.790. The van der Waals surface area contributed by atoms with Crippen molar-refractivity contribution < 1.29 is 5.11 Å². The topological polar surface area (TPSA) is 32.3 Å². The highest BCUT2D eigenvalue weighted by Crippen LogP contribution is 2.28. The lowest BCUT2D eigenvalue weighted by Crippen LogP contribution is -2.31. The fourth-order valence-corrected chi connectivity index (χ4v) is 2.66. The SMILES string of the molecule is CNC(c1ccc(CC(C)C)cc1)C(CO)C(C)C. The minimum absolute atomic E-state index is 0.219. The third kappa shape index (κ3) is 4.63. The fourth-order valence-electron chi connectivity index (χ4n) is 2.66. The summed E-state index contributed by atoms with van der Waals surface area (Å²) in [5.74, 6) is 1.39. The van der Waals surface area contributed by atoms with Gasteiger partial charge in [0.2, 0.25) is 0 Å². The Bertz CT molecular complexity index is 356. The average Bonchev–Trinajstić information content (AvgIpc) is 2.35. The monoisotopic (exact) mass is 263 g/mol. The molecule has 1 aromatic rings. The summed E-state index contributed by atoms with van der Waals surface area (Å²) in [5.41, 5.74) is 2.65. The Kier molecular flexibility index (Phi) is 6.53. The number of benzene rings is 1. The third-order valence-electron chi connectivity index (χ3n) is 3.79. The van der Waals surface area contributed by atoms with E-state index in [4.69, 9.17) is 0 Å². The van der Waals surface area contributed by atoms with Crippen molar-refractivity contribution in [2.75, 3.05) is 13.7 Å². The van der Waals surface area contributed by atoms with Crippen LogP contribution in [0.4, 0.5) is 0 Å². The van der Waals surface area contributed by atoms with Crippen LogP contribution in [0.3, 0.4) is 0 Å². The number of aliphatic hydroxyl groups is 1. The summed E-state index contributed by atoms with van der Waals surface area (Å²) in [6.07, 6.45) is 1.12. The number of hydrogen-bond donors (Lipinski definition) is 2. The minimum Gasteiger partial charge on any atom is -0.396 e. The molecule has 2 atom stereocenters. The van der Waals surface area contributed by atoms with Crippen molar-refractivity contribution in [1.29, 1.82) is 0 Å². The molecule has 0 heterocycles. The second-order valence-electron chi connectivity index (χ2n) is 6.20. The first-order valence-corrected chi connectivity index (χ1v) is 7.36. The standard InChI is InChI=1S/C17H29NO/c1-12(2)10-14-6-8-15(9-7-14)17(18-5)16(11-19)13(3)4/h6-9,12-13,16-19H,10-11H2,1-5H3. The van der Waals surface area contributed by atoms with Gasteiger partial charge in [0.1, 0.15) is 0 Å². The van der Waals surface area contributed by atoms with Crippen LogP contribution in [0, 0.1) is 17.8 Å². The molecule has 108 valence electrons. The van der Waals surface area contributed by atoms with Gasteiger partial charge in [-0.15, -0.1) is 0 Å². The number of nitrogens with one attached hydrogen (secondary N) is 1. The second kappa shape index (κ2) is 7.66. The van der Waals surface area contributed by atoms with Gasteiger partial charge in [0, 0.05) is 18.6 Å². The van der Waals surface area contributed by atoms with Gasteiger partial charge in [-0.2, -0.15) is 0 Å². The van der Waals surface area contributed by atoms with Crippen LogP contribution >= 0.6 is 0 Å². The molecule has 2 unspecified atom stereocenters. The van der Waals surface area contributed by atoms with E-state index in [0.717, 1.165) is 6.42 Å². The number of hydrogen-bond acceptors (Lipinski definition) is 2. The van der Waals surface area contributed by atoms with E-state index in [1.807, 2.05) is 7.05 Å². The van der Waals surface area contributed by atoms with Gasteiger partial charge >= 0.3 is 0 Å². The van der Waals surface area contributed by atoms with E-state index in [1.165, 1.54) is 11.1 Å². The van der Waals surface area contributed by atoms with Gasteiger partial charge in [-0.25, -0.2) is 0 Å². The lowest BCUT2D eigenvalue weighted by Gasteiger charge is -2.29. The summed E-state index contributed by atoms with van der Waals surface area (Å²) < 4.78 is 0. The van der Waals surface area contributed by atoms with Crippen LogP contribution in [0.25, 0.3) is 0 Å². The van der Waals surface area contributed by atoms with Crippen LogP contribution in [0.1, 0.15) is 44.9 Å². The van der Waals surface area contributed by atoms with E-state index in [0.29, 0.717) is 11.8 Å². The van der Waals surface area contributed by atoms with Gasteiger partial charge in [0.15, 0.2) is 0 Å². The molecule has 0 aliphatic heterocycles. The molecule has 0 aliphatic rings. The number of aliphatic hydroxyl groups excluding tert-OH is 1. The third-order valence-corrected chi connectivity index (χ3v) is 3.79. The Hall–Kier alpha value is -0.860. The van der Waals surface area contributed by atoms with Crippen LogP contribution in [-0.4, -0.2) is 18.8 Å². The van der Waals surface area contributed by atoms with E-state index in [2.05, 4.69) is 57.3 Å². The predicted octanol–water partition coefficient (Wildman–Crippen LogP) is 3.41. The minimum atomic E-state index is 0.219. The predicted molar refractivity (Wildman–Crippen MR) is 82.2 cm³/mol. The van der Waals surface area contributed by atoms with Crippen molar-refractivity contribution in [3.63, 3.8) is 0 Å². The molecule has 0 spiro atoms. The van der Waals surface area contributed by atoms with Crippen molar-refractivity contribution in [2.45, 2.75) is 40.2 Å². The summed E-state index contributed by atoms with van der Waals surface area (Å²) in [4.78, 5) is 0. The van der Waals surface area contributed by atoms with Gasteiger partial charge < -0.3 is 10.4 Å². The molecule has 0 saturated carbocycles. The second-order valence-corrected chi connectivity index (χ2v) is 6.20. The Morgan fingerprint density at radius 1 is 1.05 bits per heavy atom. The Labute approximate surface area is 118 Å². The van der Waals surface area contributed by atoms with Crippen LogP contribution in [0.5, 0.6) is 0 Å². The highest BCUT2D eigenvalue weighted by atomic mass is 16.3. The van der Waals surface area contributed by atoms with E-state index in [-0.39, 0.29) is 18.6 Å². The fraction of sp³-hybridized carbons (Fsp3) is 0.647. The smallest absolute Gasteiger partial charge is 0.0479 e. The van der Waals surface area contributed by atoms with Gasteiger partial charge in [-0.05, 0) is 36.4 Å². The van der Waals surface area contributed by atoms with E-state index in [1.54, 1.807) is 0 Å². The normalized spacial score (nSPS) is 14.9. The van der Waals surface area contributed by atoms with Gasteiger partial charge in [-0.1, -0.05) is 52.0 Å². The molecule has 1 aromatic carbocycles. The molecule has 1 rings (SSSR count). The van der Waals surface area contributed by atoms with Crippen LogP contribution < -0.4 is 5.32 Å². The van der Waals surface area contributed by atoms with Crippen LogP contribution in [0.2, 0.25) is 0 Å². The molecule has 0 saturated heterocycles. The molecular formula is C17H29NO. The maximum atomic E-state index is 9.59. The maximum absolute atomic E-state index is 9.59. The molecule has 0 bridgehead atoms. The summed E-state index contributed by atoms with van der Waals surface area (Å²) in [5, 5.41) is 12.9. The molecule has 2 N–H and O–H groups in total. The molecule has 0 amide bonds. The first kappa shape index (κ1) is 16.2. The van der Waals surface area contributed by atoms with E-state index < -0.39 is 0 Å². The highest BCUT2D eigenvalue weighted by Gasteiger charge is 2.23. The van der Waals surface area contributed by atoms with Crippen molar-refractivity contribution >= 4 is 0 Å². The number of rotatable bonds is 7. The molecule has 2 nitrogen and oxygen atoms in total. The summed E-state index contributed by atoms with van der Waals surface area (Å²) in [7, 11) is 1.97. The van der Waals surface area contributed by atoms with Crippen LogP contribution in [0.15, 0.2) is 24.3 Å². The molecular weight excluding hydrogens is 234 g/mol. The first-order chi connectivity index (χ1) is 8.99. The molecule has 0 aliphatic carbocycles. The molecule has 0 radical (unpaired) electrons. The van der Waals surface area contributed by atoms with Crippen molar-refractivity contribution in [3.8, 4) is 0 Å². The van der Waals surface area contributed by atoms with Crippen molar-refractivity contribution in [1.82, 2.24) is 5.32 Å². The summed E-state index contributed by atoms with van der Waals surface area (Å²) in [6.45, 7) is 9.03. The summed E-state index contributed by atoms with van der Waals surface area (Å²) >= 11 is 0. The molecule has 19 heavy (non-hydrogen) atoms. The van der Waals surface area contributed by atoms with E-state index >= 15 is 0 Å². The Morgan fingerprint density at radius 3 is 2.00 bits per heavy atom. The average molecular weight is 263 g/mol. The lowest BCUT2D eigenvalue weighted by molar-refractivity contribution is 0.154.